The first-order valence-electron chi connectivity index (χ1n) is 11.2. The van der Waals surface area contributed by atoms with Crippen LogP contribution in [0.3, 0.4) is 0 Å². The fourth-order valence-corrected chi connectivity index (χ4v) is 7.09. The number of methoxy groups -OCH3 is 1. The molecule has 0 spiro atoms. The molecule has 11 heteroatoms. The number of amides is 1. The maximum atomic E-state index is 13.8. The van der Waals surface area contributed by atoms with Gasteiger partial charge in [0.15, 0.2) is 22.4 Å². The standard InChI is InChI=1S/C26H22BrN3O5S2/c1-10-6-11(2)19-17(7-10)37-26(29-19)30-20(14-8-15(27)21(31)16(9-14)35-5)18(23(33)25(30)34)22(32)24-12(3)28-13(4)36-24/h6-9,20,31,33H,1-5H3. The summed E-state index contributed by atoms with van der Waals surface area (Å²) < 4.78 is 6.53. The number of phenols is 1. The van der Waals surface area contributed by atoms with Crippen molar-refractivity contribution in [1.29, 1.82) is 0 Å². The first-order valence-corrected chi connectivity index (χ1v) is 13.6. The number of aliphatic hydroxyl groups is 1. The van der Waals surface area contributed by atoms with Gasteiger partial charge in [0.2, 0.25) is 5.78 Å². The Morgan fingerprint density at radius 3 is 2.46 bits per heavy atom. The first-order chi connectivity index (χ1) is 17.5. The Bertz CT molecular complexity index is 1660. The van der Waals surface area contributed by atoms with Crippen molar-refractivity contribution in [2.24, 2.45) is 0 Å². The van der Waals surface area contributed by atoms with Crippen molar-refractivity contribution in [2.75, 3.05) is 12.0 Å². The molecule has 0 saturated heterocycles. The SMILES string of the molecule is COc1cc(C2C(C(=O)c3sc(C)nc3C)=C(O)C(=O)N2c2nc3c(C)cc(C)cc3s2)cc(Br)c1O. The fourth-order valence-electron chi connectivity index (χ4n) is 4.58. The number of hydrogen-bond acceptors (Lipinski definition) is 9. The minimum Gasteiger partial charge on any atom is -0.503 e. The lowest BCUT2D eigenvalue weighted by Crippen LogP contribution is -2.31. The number of aromatic nitrogens is 2. The highest BCUT2D eigenvalue weighted by Gasteiger charge is 2.47. The van der Waals surface area contributed by atoms with Crippen LogP contribution < -0.4 is 9.64 Å². The number of rotatable bonds is 5. The smallest absolute Gasteiger partial charge is 0.296 e. The molecule has 1 aliphatic heterocycles. The molecule has 0 radical (unpaired) electrons. The fraction of sp³-hybridized carbons (Fsp3) is 0.231. The summed E-state index contributed by atoms with van der Waals surface area (Å²) in [6.45, 7) is 7.44. The second kappa shape index (κ2) is 9.23. The van der Waals surface area contributed by atoms with Gasteiger partial charge in [-0.25, -0.2) is 9.97 Å². The monoisotopic (exact) mass is 599 g/mol. The lowest BCUT2D eigenvalue weighted by Gasteiger charge is -2.25. The van der Waals surface area contributed by atoms with E-state index in [1.165, 1.54) is 34.7 Å². The van der Waals surface area contributed by atoms with Gasteiger partial charge in [-0.1, -0.05) is 17.4 Å². The van der Waals surface area contributed by atoms with Gasteiger partial charge in [0.1, 0.15) is 0 Å². The summed E-state index contributed by atoms with van der Waals surface area (Å²) in [4.78, 5) is 38.2. The van der Waals surface area contributed by atoms with E-state index >= 15 is 0 Å². The molecular formula is C26H22BrN3O5S2. The topological polar surface area (TPSA) is 113 Å². The normalized spacial score (nSPS) is 15.8. The Morgan fingerprint density at radius 2 is 1.81 bits per heavy atom. The van der Waals surface area contributed by atoms with Crippen molar-refractivity contribution >= 4 is 65.6 Å². The Kier molecular flexibility index (Phi) is 6.33. The highest BCUT2D eigenvalue weighted by atomic mass is 79.9. The third-order valence-electron chi connectivity index (χ3n) is 6.17. The third-order valence-corrected chi connectivity index (χ3v) is 8.85. The largest absolute Gasteiger partial charge is 0.503 e. The summed E-state index contributed by atoms with van der Waals surface area (Å²) >= 11 is 5.84. The third kappa shape index (κ3) is 4.11. The average molecular weight is 601 g/mol. The van der Waals surface area contributed by atoms with Gasteiger partial charge in [-0.3, -0.25) is 14.5 Å². The molecule has 37 heavy (non-hydrogen) atoms. The van der Waals surface area contributed by atoms with E-state index in [1.807, 2.05) is 26.0 Å². The van der Waals surface area contributed by atoms with E-state index in [9.17, 15) is 19.8 Å². The van der Waals surface area contributed by atoms with Crippen LogP contribution in [0, 0.1) is 27.7 Å². The highest BCUT2D eigenvalue weighted by molar-refractivity contribution is 9.10. The molecule has 1 amide bonds. The number of halogens is 1. The maximum absolute atomic E-state index is 13.8. The lowest BCUT2D eigenvalue weighted by atomic mass is 9.95. The summed E-state index contributed by atoms with van der Waals surface area (Å²) in [6, 6.07) is 6.13. The molecule has 4 aromatic rings. The van der Waals surface area contributed by atoms with Crippen LogP contribution >= 0.6 is 38.6 Å². The summed E-state index contributed by atoms with van der Waals surface area (Å²) in [5, 5.41) is 22.5. The van der Waals surface area contributed by atoms with Crippen molar-refractivity contribution in [1.82, 2.24) is 9.97 Å². The van der Waals surface area contributed by atoms with Crippen LogP contribution in [-0.2, 0) is 4.79 Å². The van der Waals surface area contributed by atoms with E-state index in [2.05, 4.69) is 20.9 Å². The summed E-state index contributed by atoms with van der Waals surface area (Å²) in [6.07, 6.45) is 0. The van der Waals surface area contributed by atoms with Crippen LogP contribution in [0.25, 0.3) is 10.2 Å². The number of carbonyl (C=O) groups is 2. The minimum atomic E-state index is -1.02. The molecule has 3 heterocycles. The molecule has 0 bridgehead atoms. The van der Waals surface area contributed by atoms with Gasteiger partial charge >= 0.3 is 0 Å². The second-order valence-electron chi connectivity index (χ2n) is 8.80. The van der Waals surface area contributed by atoms with Crippen LogP contribution in [-0.4, -0.2) is 39.0 Å². The summed E-state index contributed by atoms with van der Waals surface area (Å²) in [5.41, 5.74) is 3.66. The molecule has 2 N–H and O–H groups in total. The number of phenolic OH excluding ortho intramolecular Hbond substituents is 1. The zero-order valence-corrected chi connectivity index (χ0v) is 23.8. The van der Waals surface area contributed by atoms with E-state index in [-0.39, 0.29) is 17.1 Å². The van der Waals surface area contributed by atoms with Crippen LogP contribution in [0.4, 0.5) is 5.13 Å². The molecule has 0 saturated carbocycles. The number of nitrogens with zero attached hydrogens (tertiary/aromatic N) is 3. The predicted octanol–water partition coefficient (Wildman–Crippen LogP) is 6.25. The van der Waals surface area contributed by atoms with Crippen LogP contribution in [0.1, 0.15) is 43.1 Å². The van der Waals surface area contributed by atoms with E-state index in [4.69, 9.17) is 9.72 Å². The number of benzene rings is 2. The maximum Gasteiger partial charge on any atom is 0.296 e. The van der Waals surface area contributed by atoms with Gasteiger partial charge in [-0.05, 0) is 78.5 Å². The molecule has 2 aromatic heterocycles. The van der Waals surface area contributed by atoms with E-state index in [0.29, 0.717) is 30.7 Å². The van der Waals surface area contributed by atoms with E-state index < -0.39 is 23.5 Å². The number of carbonyl (C=O) groups excluding carboxylic acids is 2. The van der Waals surface area contributed by atoms with Gasteiger partial charge in [0, 0.05) is 0 Å². The first kappa shape index (κ1) is 25.4. The van der Waals surface area contributed by atoms with Crippen molar-refractivity contribution < 1.29 is 24.5 Å². The molecule has 8 nitrogen and oxygen atoms in total. The number of hydrogen-bond donors (Lipinski definition) is 2. The molecule has 2 aromatic carbocycles. The number of anilines is 1. The Hall–Kier alpha value is -3.28. The number of ether oxygens (including phenoxy) is 1. The summed E-state index contributed by atoms with van der Waals surface area (Å²) in [5.74, 6) is -1.84. The lowest BCUT2D eigenvalue weighted by molar-refractivity contribution is -0.117. The van der Waals surface area contributed by atoms with Gasteiger partial charge in [-0.15, -0.1) is 11.3 Å². The number of aromatic hydroxyl groups is 1. The zero-order valence-electron chi connectivity index (χ0n) is 20.5. The molecule has 0 aliphatic carbocycles. The predicted molar refractivity (Wildman–Crippen MR) is 147 cm³/mol. The number of ketones is 1. The van der Waals surface area contributed by atoms with Gasteiger partial charge in [-0.2, -0.15) is 0 Å². The number of thiazole rings is 2. The molecule has 5 rings (SSSR count). The number of aryl methyl sites for hydroxylation is 4. The Balaban J connectivity index is 1.75. The molecule has 1 unspecified atom stereocenters. The van der Waals surface area contributed by atoms with Gasteiger partial charge in [0.05, 0.1) is 49.0 Å². The second-order valence-corrected chi connectivity index (χ2v) is 11.9. The quantitative estimate of drug-likeness (QED) is 0.261. The Morgan fingerprint density at radius 1 is 1.08 bits per heavy atom. The minimum absolute atomic E-state index is 0.0800. The number of fused-ring (bicyclic) bond motifs is 1. The molecule has 1 aliphatic rings. The van der Waals surface area contributed by atoms with Crippen molar-refractivity contribution in [2.45, 2.75) is 33.7 Å². The van der Waals surface area contributed by atoms with E-state index in [1.54, 1.807) is 26.0 Å². The molecule has 190 valence electrons. The van der Waals surface area contributed by atoms with Crippen molar-refractivity contribution in [3.63, 3.8) is 0 Å². The summed E-state index contributed by atoms with van der Waals surface area (Å²) in [7, 11) is 1.41. The number of Topliss-reactive ketones (excluding diaryl/α,β-unsaturated/α-hetero) is 1. The van der Waals surface area contributed by atoms with Crippen molar-refractivity contribution in [3.05, 3.63) is 72.3 Å². The Labute approximate surface area is 229 Å². The zero-order chi connectivity index (χ0) is 26.8. The van der Waals surface area contributed by atoms with Crippen LogP contribution in [0.2, 0.25) is 0 Å². The van der Waals surface area contributed by atoms with Crippen LogP contribution in [0.15, 0.2) is 40.1 Å². The van der Waals surface area contributed by atoms with Crippen molar-refractivity contribution in [3.8, 4) is 11.5 Å². The van der Waals surface area contributed by atoms with E-state index in [0.717, 1.165) is 21.3 Å². The van der Waals surface area contributed by atoms with Gasteiger partial charge < -0.3 is 14.9 Å². The average Bonchev–Trinajstić information content (AvgIpc) is 3.48. The molecule has 0 fully saturated rings. The highest BCUT2D eigenvalue weighted by Crippen LogP contribution is 2.47. The molecule has 1 atom stereocenters. The van der Waals surface area contributed by atoms with Gasteiger partial charge in [0.25, 0.3) is 5.91 Å². The number of aliphatic hydroxyl groups excluding tert-OH is 1. The molecular weight excluding hydrogens is 578 g/mol. The van der Waals surface area contributed by atoms with Crippen LogP contribution in [0.5, 0.6) is 11.5 Å².